The van der Waals surface area contributed by atoms with Crippen molar-refractivity contribution in [2.45, 2.75) is 62.3 Å². The molecule has 0 atom stereocenters. The van der Waals surface area contributed by atoms with E-state index < -0.39 is 0 Å². The quantitative estimate of drug-likeness (QED) is 0.583. The van der Waals surface area contributed by atoms with E-state index in [1.54, 1.807) is 0 Å². The van der Waals surface area contributed by atoms with Crippen molar-refractivity contribution in [3.63, 3.8) is 0 Å². The van der Waals surface area contributed by atoms with Gasteiger partial charge < -0.3 is 0 Å². The lowest BCUT2D eigenvalue weighted by molar-refractivity contribution is 0.345. The summed E-state index contributed by atoms with van der Waals surface area (Å²) in [7, 11) is 0. The first-order chi connectivity index (χ1) is 8.65. The summed E-state index contributed by atoms with van der Waals surface area (Å²) in [5, 5.41) is 0. The Bertz CT molecular complexity index is 320. The van der Waals surface area contributed by atoms with Gasteiger partial charge in [-0.05, 0) is 62.3 Å². The molecule has 19 heavy (non-hydrogen) atoms. The molecule has 0 saturated carbocycles. The molecule has 0 radical (unpaired) electrons. The van der Waals surface area contributed by atoms with E-state index in [2.05, 4.69) is 67.2 Å². The minimum Gasteiger partial charge on any atom is -0.292 e. The van der Waals surface area contributed by atoms with Crippen LogP contribution in [0.2, 0.25) is 0 Å². The van der Waals surface area contributed by atoms with E-state index in [1.807, 2.05) is 0 Å². The fraction of sp³-hybridized carbons (Fsp3) is 0.667. The van der Waals surface area contributed by atoms with Crippen LogP contribution in [0.5, 0.6) is 0 Å². The van der Waals surface area contributed by atoms with Crippen molar-refractivity contribution in [1.82, 2.24) is 4.90 Å². The molecular weight excluding hydrogens is 230 g/mol. The Morgan fingerprint density at radius 1 is 0.474 bits per heavy atom. The molecule has 0 aliphatic heterocycles. The summed E-state index contributed by atoms with van der Waals surface area (Å²) >= 11 is 0. The highest BCUT2D eigenvalue weighted by Gasteiger charge is 2.09. The van der Waals surface area contributed by atoms with Gasteiger partial charge >= 0.3 is 0 Å². The van der Waals surface area contributed by atoms with Gasteiger partial charge in [-0.25, -0.2) is 0 Å². The molecular formula is C18H33N. The largest absolute Gasteiger partial charge is 0.292 e. The zero-order chi connectivity index (χ0) is 15.2. The molecule has 1 nitrogen and oxygen atoms in total. The summed E-state index contributed by atoms with van der Waals surface area (Å²) < 4.78 is 0. The summed E-state index contributed by atoms with van der Waals surface area (Å²) in [4.78, 5) is 2.55. The van der Waals surface area contributed by atoms with Gasteiger partial charge in [0.25, 0.3) is 0 Å². The molecule has 0 spiro atoms. The zero-order valence-corrected chi connectivity index (χ0v) is 14.6. The van der Waals surface area contributed by atoms with Gasteiger partial charge in [-0.15, -0.1) is 0 Å². The van der Waals surface area contributed by atoms with Gasteiger partial charge in [-0.3, -0.25) is 4.90 Å². The second-order valence-corrected chi connectivity index (χ2v) is 6.49. The Balaban J connectivity index is 5.01. The van der Waals surface area contributed by atoms with Gasteiger partial charge in [-0.1, -0.05) is 33.4 Å². The van der Waals surface area contributed by atoms with E-state index in [9.17, 15) is 0 Å². The van der Waals surface area contributed by atoms with E-state index in [4.69, 9.17) is 0 Å². The van der Waals surface area contributed by atoms with Gasteiger partial charge in [0.1, 0.15) is 0 Å². The van der Waals surface area contributed by atoms with E-state index in [0.717, 1.165) is 19.6 Å². The molecule has 0 aliphatic carbocycles. The molecule has 0 unspecified atom stereocenters. The maximum absolute atomic E-state index is 2.55. The van der Waals surface area contributed by atoms with E-state index >= 15 is 0 Å². The van der Waals surface area contributed by atoms with Crippen LogP contribution >= 0.6 is 0 Å². The van der Waals surface area contributed by atoms with Crippen LogP contribution in [0.4, 0.5) is 0 Å². The van der Waals surface area contributed by atoms with Crippen molar-refractivity contribution in [3.05, 3.63) is 33.4 Å². The second-order valence-electron chi connectivity index (χ2n) is 6.49. The van der Waals surface area contributed by atoms with Crippen molar-refractivity contribution >= 4 is 0 Å². The third-order valence-electron chi connectivity index (χ3n) is 3.94. The molecule has 0 rings (SSSR count). The highest BCUT2D eigenvalue weighted by atomic mass is 15.1. The smallest absolute Gasteiger partial charge is 0.0199 e. The second kappa shape index (κ2) is 8.37. The third-order valence-corrected chi connectivity index (χ3v) is 3.94. The lowest BCUT2D eigenvalue weighted by Crippen LogP contribution is -2.30. The standard InChI is InChI=1S/C18H33N/c1-13(2)16(7)10-19(11-17(8)14(3)4)12-18(9)15(5)6/h10-12H2,1-9H3. The topological polar surface area (TPSA) is 3.24 Å². The summed E-state index contributed by atoms with van der Waals surface area (Å²) in [6, 6.07) is 0. The van der Waals surface area contributed by atoms with Crippen molar-refractivity contribution < 1.29 is 0 Å². The van der Waals surface area contributed by atoms with Crippen LogP contribution in [-0.4, -0.2) is 24.5 Å². The number of hydrogen-bond acceptors (Lipinski definition) is 1. The predicted octanol–water partition coefficient (Wildman–Crippen LogP) is 5.36. The van der Waals surface area contributed by atoms with Crippen LogP contribution in [0.1, 0.15) is 62.3 Å². The van der Waals surface area contributed by atoms with Gasteiger partial charge in [-0.2, -0.15) is 0 Å². The van der Waals surface area contributed by atoms with E-state index in [1.165, 1.54) is 33.4 Å². The Kier molecular flexibility index (Phi) is 8.01. The Morgan fingerprint density at radius 3 is 0.842 bits per heavy atom. The first-order valence-corrected chi connectivity index (χ1v) is 7.26. The molecule has 0 heterocycles. The number of allylic oxidation sites excluding steroid dienone is 3. The highest BCUT2D eigenvalue weighted by Crippen LogP contribution is 2.13. The molecule has 0 amide bonds. The molecule has 0 N–H and O–H groups in total. The Labute approximate surface area is 121 Å². The summed E-state index contributed by atoms with van der Waals surface area (Å²) in [5.41, 5.74) is 8.79. The molecule has 0 aromatic carbocycles. The maximum Gasteiger partial charge on any atom is 0.0199 e. The SMILES string of the molecule is CC(C)=C(C)CN(CC(C)=C(C)C)CC(C)=C(C)C. The molecule has 1 heteroatoms. The summed E-state index contributed by atoms with van der Waals surface area (Å²) in [6.07, 6.45) is 0. The summed E-state index contributed by atoms with van der Waals surface area (Å²) in [6.45, 7) is 23.2. The van der Waals surface area contributed by atoms with Crippen LogP contribution in [0.15, 0.2) is 33.4 Å². The van der Waals surface area contributed by atoms with Crippen molar-refractivity contribution in [2.75, 3.05) is 19.6 Å². The molecule has 0 aromatic rings. The fourth-order valence-electron chi connectivity index (χ4n) is 1.65. The average Bonchev–Trinajstić information content (AvgIpc) is 2.27. The predicted molar refractivity (Wildman–Crippen MR) is 88.6 cm³/mol. The minimum atomic E-state index is 1.07. The molecule has 0 aliphatic rings. The first-order valence-electron chi connectivity index (χ1n) is 7.26. The lowest BCUT2D eigenvalue weighted by atomic mass is 10.1. The monoisotopic (exact) mass is 263 g/mol. The molecule has 0 fully saturated rings. The fourth-order valence-corrected chi connectivity index (χ4v) is 1.65. The first kappa shape index (κ1) is 18.2. The van der Waals surface area contributed by atoms with Crippen LogP contribution in [0.25, 0.3) is 0 Å². The molecule has 0 aromatic heterocycles. The highest BCUT2D eigenvalue weighted by molar-refractivity contribution is 5.15. The maximum atomic E-state index is 2.55. The summed E-state index contributed by atoms with van der Waals surface area (Å²) in [5.74, 6) is 0. The van der Waals surface area contributed by atoms with Crippen molar-refractivity contribution in [2.24, 2.45) is 0 Å². The normalized spacial score (nSPS) is 10.4. The average molecular weight is 263 g/mol. The lowest BCUT2D eigenvalue weighted by Gasteiger charge is -2.25. The Hall–Kier alpha value is -0.820. The molecule has 0 bridgehead atoms. The van der Waals surface area contributed by atoms with Gasteiger partial charge in [0.05, 0.1) is 0 Å². The van der Waals surface area contributed by atoms with Gasteiger partial charge in [0.2, 0.25) is 0 Å². The van der Waals surface area contributed by atoms with Crippen LogP contribution in [0.3, 0.4) is 0 Å². The molecule has 110 valence electrons. The van der Waals surface area contributed by atoms with Crippen LogP contribution in [0, 0.1) is 0 Å². The van der Waals surface area contributed by atoms with Crippen LogP contribution < -0.4 is 0 Å². The molecule has 0 saturated heterocycles. The van der Waals surface area contributed by atoms with Gasteiger partial charge in [0, 0.05) is 19.6 Å². The zero-order valence-electron chi connectivity index (χ0n) is 14.6. The van der Waals surface area contributed by atoms with E-state index in [-0.39, 0.29) is 0 Å². The minimum absolute atomic E-state index is 1.07. The van der Waals surface area contributed by atoms with Gasteiger partial charge in [0.15, 0.2) is 0 Å². The Morgan fingerprint density at radius 2 is 0.684 bits per heavy atom. The number of hydrogen-bond donors (Lipinski definition) is 0. The third kappa shape index (κ3) is 7.37. The van der Waals surface area contributed by atoms with Crippen molar-refractivity contribution in [3.8, 4) is 0 Å². The number of rotatable bonds is 6. The van der Waals surface area contributed by atoms with Crippen LogP contribution in [-0.2, 0) is 0 Å². The van der Waals surface area contributed by atoms with E-state index in [0.29, 0.717) is 0 Å². The number of nitrogens with zero attached hydrogens (tertiary/aromatic N) is 1. The van der Waals surface area contributed by atoms with Crippen molar-refractivity contribution in [1.29, 1.82) is 0 Å².